The third-order valence-electron chi connectivity index (χ3n) is 12.3. The molecule has 0 saturated carbocycles. The third kappa shape index (κ3) is 18.9. The molecule has 3 aliphatic heterocycles. The second kappa shape index (κ2) is 27.7. The molecule has 6 aromatic rings. The molecule has 80 heavy (non-hydrogen) atoms. The van der Waals surface area contributed by atoms with Gasteiger partial charge < -0.3 is 34.3 Å². The molecule has 0 unspecified atom stereocenters. The Balaban J connectivity index is 0.000000191. The summed E-state index contributed by atoms with van der Waals surface area (Å²) < 4.78 is 23.0. The first-order valence-corrected chi connectivity index (χ1v) is 27.1. The number of aliphatic hydroxyl groups excluding tert-OH is 2. The number of hydrogen-bond acceptors (Lipinski definition) is 16. The topological polar surface area (TPSA) is 248 Å². The summed E-state index contributed by atoms with van der Waals surface area (Å²) in [5.74, 6) is 0.576. The van der Waals surface area contributed by atoms with E-state index in [1.807, 2.05) is 79.1 Å². The van der Waals surface area contributed by atoms with Crippen LogP contribution in [0.25, 0.3) is 32.3 Å². The number of nitrogens with zero attached hydrogens (tertiary/aromatic N) is 6. The van der Waals surface area contributed by atoms with Crippen LogP contribution in [0.5, 0.6) is 11.5 Å². The molecule has 3 aliphatic rings. The van der Waals surface area contributed by atoms with E-state index in [0.717, 1.165) is 26.0 Å². The lowest BCUT2D eigenvalue weighted by Crippen LogP contribution is -2.43. The summed E-state index contributed by atoms with van der Waals surface area (Å²) in [5.41, 5.74) is -1.80. The van der Waals surface area contributed by atoms with Crippen LogP contribution in [0.1, 0.15) is 102 Å². The number of aromatic nitrogens is 3. The van der Waals surface area contributed by atoms with Gasteiger partial charge in [-0.15, -0.1) is 0 Å². The first-order chi connectivity index (χ1) is 37.4. The number of aromatic hydroxyl groups is 1. The number of amides is 3. The lowest BCUT2D eigenvalue weighted by molar-refractivity contribution is -0.121. The predicted molar refractivity (Wildman–Crippen MR) is 307 cm³/mol. The Bertz CT molecular complexity index is 2970. The molecule has 6 atom stereocenters. The first kappa shape index (κ1) is 63.5. The van der Waals surface area contributed by atoms with E-state index in [-0.39, 0.29) is 42.3 Å². The summed E-state index contributed by atoms with van der Waals surface area (Å²) in [4.78, 5) is 86.9. The number of fused-ring (bicyclic) bond motifs is 3. The zero-order chi connectivity index (χ0) is 59.3. The number of carbonyl (C=O) groups is 6. The summed E-state index contributed by atoms with van der Waals surface area (Å²) in [6.45, 7) is 21.0. The van der Waals surface area contributed by atoms with Gasteiger partial charge in [-0.1, -0.05) is 72.8 Å². The minimum Gasteiger partial charge on any atom is -0.506 e. The van der Waals surface area contributed by atoms with E-state index in [2.05, 4.69) is 36.9 Å². The van der Waals surface area contributed by atoms with Gasteiger partial charge in [-0.05, 0) is 104 Å². The number of β-amino-alcohol motifs (C(OH)–C–C–N with tert-alkyl or cyclic N) is 2. The zero-order valence-corrected chi connectivity index (χ0v) is 49.2. The van der Waals surface area contributed by atoms with Crippen molar-refractivity contribution in [3.05, 3.63) is 114 Å². The van der Waals surface area contributed by atoms with E-state index < -0.39 is 65.4 Å². The molecule has 3 N–H and O–H groups in total. The average molecular weight is 1170 g/mol. The maximum absolute atomic E-state index is 12.5. The van der Waals surface area contributed by atoms with Gasteiger partial charge in [0.05, 0.1) is 62.4 Å². The van der Waals surface area contributed by atoms with Crippen LogP contribution in [-0.4, -0.2) is 153 Å². The Morgan fingerprint density at radius 3 is 1.25 bits per heavy atom. The van der Waals surface area contributed by atoms with E-state index in [1.54, 1.807) is 80.9 Å². The highest BCUT2D eigenvalue weighted by molar-refractivity contribution is 9.10. The largest absolute Gasteiger partial charge is 0.506 e. The monoisotopic (exact) mass is 1170 g/mol. The summed E-state index contributed by atoms with van der Waals surface area (Å²) in [6, 6.07) is 21.9. The number of ether oxygens (including phenoxy) is 4. The molecule has 6 heterocycles. The number of Topliss-reactive ketones (excluding diaryl/α,β-unsaturated/α-hetero) is 3. The van der Waals surface area contributed by atoms with Gasteiger partial charge >= 0.3 is 18.3 Å². The number of pyridine rings is 3. The highest BCUT2D eigenvalue weighted by Gasteiger charge is 2.42. The van der Waals surface area contributed by atoms with Crippen molar-refractivity contribution in [3.8, 4) is 11.5 Å². The summed E-state index contributed by atoms with van der Waals surface area (Å²) in [6.07, 6.45) is 8.21. The highest BCUT2D eigenvalue weighted by atomic mass is 79.9. The molecule has 3 aromatic carbocycles. The third-order valence-corrected chi connectivity index (χ3v) is 12.9. The van der Waals surface area contributed by atoms with Crippen molar-refractivity contribution < 1.29 is 63.0 Å². The molecule has 3 aromatic heterocycles. The Labute approximate surface area is 475 Å². The Hall–Kier alpha value is -7.29. The molecule has 3 fully saturated rings. The van der Waals surface area contributed by atoms with E-state index in [9.17, 15) is 44.1 Å². The molecule has 3 amide bonds. The molecule has 0 aliphatic carbocycles. The molecule has 0 spiro atoms. The van der Waals surface area contributed by atoms with Crippen LogP contribution in [0.4, 0.5) is 14.4 Å². The number of rotatable bonds is 5. The van der Waals surface area contributed by atoms with Gasteiger partial charge in [0.25, 0.3) is 0 Å². The number of ketones is 3. The van der Waals surface area contributed by atoms with Crippen molar-refractivity contribution in [2.75, 3.05) is 19.6 Å². The maximum Gasteiger partial charge on any atom is 0.411 e. The lowest BCUT2D eigenvalue weighted by Gasteiger charge is -2.27. The van der Waals surface area contributed by atoms with Crippen LogP contribution in [0, 0.1) is 0 Å². The molecule has 3 saturated heterocycles. The standard InChI is InChI=1S/C20H24N2O4.2C11H19NO4.C9H6BrN.C9H7NO/c1-13(23)17-9-15(12-22(17)19(24)26-20(2,3)4)25-18-11-21-10-14-7-5-6-8-16(14)18;2*1-7(13)9-5-8(14)6-12(9)10(15)16-11(2,3)4;10-9-6-11-5-7-3-1-2-4-8(7)9;11-9-6-10-5-7-3-1-2-4-8(7)9/h5-8,10-11,15,17H,9,12H2,1-4H3;2*8-9,14H,5-6H2,1-4H3;1-6H;1-6,11H/t15-,17+;8-,9+;8-,9-;;/m110../s1. The number of likely N-dealkylation sites (tertiary alicyclic amines) is 3. The Kier molecular flexibility index (Phi) is 22.0. The highest BCUT2D eigenvalue weighted by Crippen LogP contribution is 2.31. The number of benzene rings is 3. The zero-order valence-electron chi connectivity index (χ0n) is 47.6. The van der Waals surface area contributed by atoms with Crippen LogP contribution in [-0.2, 0) is 28.6 Å². The van der Waals surface area contributed by atoms with Crippen molar-refractivity contribution in [1.82, 2.24) is 29.7 Å². The van der Waals surface area contributed by atoms with Gasteiger partial charge in [0, 0.05) is 75.5 Å². The van der Waals surface area contributed by atoms with Crippen LogP contribution in [0.15, 0.2) is 114 Å². The normalized spacial score (nSPS) is 19.7. The molecule has 20 heteroatoms. The van der Waals surface area contributed by atoms with E-state index >= 15 is 0 Å². The van der Waals surface area contributed by atoms with Gasteiger partial charge in [-0.25, -0.2) is 14.4 Å². The van der Waals surface area contributed by atoms with Crippen molar-refractivity contribution in [1.29, 1.82) is 0 Å². The van der Waals surface area contributed by atoms with Crippen LogP contribution >= 0.6 is 15.9 Å². The van der Waals surface area contributed by atoms with Crippen LogP contribution in [0.3, 0.4) is 0 Å². The molecule has 9 rings (SSSR count). The van der Waals surface area contributed by atoms with E-state index in [4.69, 9.17) is 18.9 Å². The van der Waals surface area contributed by atoms with Gasteiger partial charge in [0.1, 0.15) is 34.4 Å². The molecule has 430 valence electrons. The average Bonchev–Trinajstić information content (AvgIpc) is 4.17. The summed E-state index contributed by atoms with van der Waals surface area (Å²) in [5, 5.41) is 34.4. The molecule has 0 bridgehead atoms. The van der Waals surface area contributed by atoms with E-state index in [0.29, 0.717) is 31.6 Å². The van der Waals surface area contributed by atoms with Crippen molar-refractivity contribution in [2.24, 2.45) is 0 Å². The maximum atomic E-state index is 12.5. The Morgan fingerprint density at radius 2 is 0.838 bits per heavy atom. The van der Waals surface area contributed by atoms with Gasteiger partial charge in [-0.2, -0.15) is 0 Å². The Morgan fingerprint density at radius 1 is 0.487 bits per heavy atom. The lowest BCUT2D eigenvalue weighted by atomic mass is 10.1. The molecular formula is C60H75BrN6O13. The van der Waals surface area contributed by atoms with Gasteiger partial charge in [-0.3, -0.25) is 44.0 Å². The fourth-order valence-electron chi connectivity index (χ4n) is 8.78. The minimum atomic E-state index is -0.638. The van der Waals surface area contributed by atoms with E-state index in [1.165, 1.54) is 52.4 Å². The fourth-order valence-corrected chi connectivity index (χ4v) is 9.26. The second-order valence-electron chi connectivity index (χ2n) is 22.6. The van der Waals surface area contributed by atoms with Crippen LogP contribution < -0.4 is 4.74 Å². The predicted octanol–water partition coefficient (Wildman–Crippen LogP) is 10.4. The van der Waals surface area contributed by atoms with Gasteiger partial charge in [0.2, 0.25) is 0 Å². The quantitative estimate of drug-likeness (QED) is 0.136. The summed E-state index contributed by atoms with van der Waals surface area (Å²) in [7, 11) is 0. The fraction of sp³-hybridized carbons (Fsp3) is 0.450. The van der Waals surface area contributed by atoms with Crippen molar-refractivity contribution >= 4 is 83.9 Å². The number of carbonyl (C=O) groups excluding carboxylic acids is 6. The second-order valence-corrected chi connectivity index (χ2v) is 23.5. The van der Waals surface area contributed by atoms with Crippen LogP contribution in [0.2, 0.25) is 0 Å². The van der Waals surface area contributed by atoms with Gasteiger partial charge in [0.15, 0.2) is 17.3 Å². The molecular weight excluding hydrogens is 1090 g/mol. The molecule has 0 radical (unpaired) electrons. The smallest absolute Gasteiger partial charge is 0.411 e. The van der Waals surface area contributed by atoms with Crippen molar-refractivity contribution in [2.45, 2.75) is 156 Å². The summed E-state index contributed by atoms with van der Waals surface area (Å²) >= 11 is 3.43. The number of hydrogen-bond donors (Lipinski definition) is 3. The number of halogens is 1. The SMILES string of the molecule is Brc1cncc2ccccc12.CC(=O)[C@@H]1C[C@@H](O)CN1C(=O)OC(C)(C)C.CC(=O)[C@@H]1C[C@@H](Oc2cncc3ccccc23)CN1C(=O)OC(C)(C)C.CC(=O)[C@@H]1C[C@H](O)CN1C(=O)OC(C)(C)C.Oc1cncc2ccccc12. The molecule has 19 nitrogen and oxygen atoms in total. The first-order valence-electron chi connectivity index (χ1n) is 26.3. The van der Waals surface area contributed by atoms with Crippen molar-refractivity contribution in [3.63, 3.8) is 0 Å². The minimum absolute atomic E-state index is 0.0713. The number of aliphatic hydroxyl groups is 2.